The first-order valence-corrected chi connectivity index (χ1v) is 6.57. The Hall–Kier alpha value is -1.62. The molecule has 0 radical (unpaired) electrons. The van der Waals surface area contributed by atoms with Gasteiger partial charge in [0.25, 0.3) is 5.91 Å². The second kappa shape index (κ2) is 6.02. The second-order valence-electron chi connectivity index (χ2n) is 4.33. The van der Waals surface area contributed by atoms with E-state index in [2.05, 4.69) is 4.98 Å². The number of carbonyl (C=O) groups excluding carboxylic acids is 2. The van der Waals surface area contributed by atoms with Crippen LogP contribution in [0.2, 0.25) is 5.02 Å². The number of carbonyl (C=O) groups is 2. The third kappa shape index (κ3) is 3.67. The van der Waals surface area contributed by atoms with Crippen LogP contribution >= 0.6 is 11.6 Å². The van der Waals surface area contributed by atoms with Crippen LogP contribution in [0.1, 0.15) is 30.3 Å². The molecule has 0 bridgehead atoms. The Labute approximate surface area is 116 Å². The number of aromatic nitrogens is 1. The Morgan fingerprint density at radius 2 is 2.21 bits per heavy atom. The predicted molar refractivity (Wildman–Crippen MR) is 69.9 cm³/mol. The Kier molecular flexibility index (Phi) is 4.37. The summed E-state index contributed by atoms with van der Waals surface area (Å²) in [6.07, 6.45) is 3.25. The minimum Gasteiger partial charge on any atom is -0.465 e. The zero-order valence-corrected chi connectivity index (χ0v) is 11.4. The molecule has 2 rings (SSSR count). The molecule has 5 nitrogen and oxygen atoms in total. The highest BCUT2D eigenvalue weighted by molar-refractivity contribution is 6.30. The SMILES string of the molecule is CCOC(=O)CN(C(=O)c1ccc(Cl)cn1)C1CC1. The second-order valence-corrected chi connectivity index (χ2v) is 4.77. The molecule has 1 aromatic rings. The van der Waals surface area contributed by atoms with Crippen LogP contribution in [0, 0.1) is 0 Å². The minimum absolute atomic E-state index is 0.0261. The Morgan fingerprint density at radius 3 is 2.74 bits per heavy atom. The summed E-state index contributed by atoms with van der Waals surface area (Å²) in [4.78, 5) is 29.3. The molecule has 0 unspecified atom stereocenters. The summed E-state index contributed by atoms with van der Waals surface area (Å²) in [5.41, 5.74) is 0.292. The summed E-state index contributed by atoms with van der Waals surface area (Å²) in [7, 11) is 0. The minimum atomic E-state index is -0.392. The van der Waals surface area contributed by atoms with Crippen LogP contribution in [0.3, 0.4) is 0 Å². The van der Waals surface area contributed by atoms with E-state index in [-0.39, 0.29) is 18.5 Å². The maximum Gasteiger partial charge on any atom is 0.325 e. The van der Waals surface area contributed by atoms with Gasteiger partial charge in [-0.15, -0.1) is 0 Å². The Morgan fingerprint density at radius 1 is 1.47 bits per heavy atom. The van der Waals surface area contributed by atoms with E-state index in [1.54, 1.807) is 19.1 Å². The van der Waals surface area contributed by atoms with Gasteiger partial charge in [0.2, 0.25) is 0 Å². The standard InChI is InChI=1S/C13H15ClN2O3/c1-2-19-12(17)8-16(10-4-5-10)13(18)11-6-3-9(14)7-15-11/h3,6-7,10H,2,4-5,8H2,1H3. The van der Waals surface area contributed by atoms with E-state index < -0.39 is 5.97 Å². The fourth-order valence-electron chi connectivity index (χ4n) is 1.75. The lowest BCUT2D eigenvalue weighted by atomic mass is 10.3. The van der Waals surface area contributed by atoms with Gasteiger partial charge in [-0.1, -0.05) is 11.6 Å². The number of amides is 1. The lowest BCUT2D eigenvalue weighted by molar-refractivity contribution is -0.144. The largest absolute Gasteiger partial charge is 0.465 e. The molecule has 1 aliphatic rings. The lowest BCUT2D eigenvalue weighted by Gasteiger charge is -2.20. The molecule has 19 heavy (non-hydrogen) atoms. The summed E-state index contributed by atoms with van der Waals surface area (Å²) in [6, 6.07) is 3.29. The van der Waals surface area contributed by atoms with Crippen molar-refractivity contribution in [2.75, 3.05) is 13.2 Å². The van der Waals surface area contributed by atoms with Crippen LogP contribution in [-0.2, 0) is 9.53 Å². The molecular formula is C13H15ClN2O3. The number of hydrogen-bond acceptors (Lipinski definition) is 4. The van der Waals surface area contributed by atoms with Crippen LogP contribution in [0.4, 0.5) is 0 Å². The van der Waals surface area contributed by atoms with Crippen molar-refractivity contribution in [2.24, 2.45) is 0 Å². The van der Waals surface area contributed by atoms with Crippen LogP contribution in [-0.4, -0.2) is 41.0 Å². The lowest BCUT2D eigenvalue weighted by Crippen LogP contribution is -2.38. The first kappa shape index (κ1) is 13.8. The molecule has 1 aliphatic carbocycles. The van der Waals surface area contributed by atoms with Crippen molar-refractivity contribution in [2.45, 2.75) is 25.8 Å². The van der Waals surface area contributed by atoms with E-state index in [0.29, 0.717) is 17.3 Å². The normalized spacial score (nSPS) is 14.0. The van der Waals surface area contributed by atoms with Gasteiger partial charge >= 0.3 is 5.97 Å². The maximum absolute atomic E-state index is 12.3. The molecule has 1 aromatic heterocycles. The smallest absolute Gasteiger partial charge is 0.325 e. The van der Waals surface area contributed by atoms with Crippen LogP contribution in [0.5, 0.6) is 0 Å². The van der Waals surface area contributed by atoms with Crippen LogP contribution < -0.4 is 0 Å². The van der Waals surface area contributed by atoms with Gasteiger partial charge in [-0.25, -0.2) is 4.98 Å². The van der Waals surface area contributed by atoms with E-state index in [1.165, 1.54) is 11.1 Å². The quantitative estimate of drug-likeness (QED) is 0.774. The molecule has 1 saturated carbocycles. The van der Waals surface area contributed by atoms with E-state index in [9.17, 15) is 9.59 Å². The molecule has 1 heterocycles. The topological polar surface area (TPSA) is 59.5 Å². The van der Waals surface area contributed by atoms with Crippen molar-refractivity contribution >= 4 is 23.5 Å². The van der Waals surface area contributed by atoms with Crippen molar-refractivity contribution < 1.29 is 14.3 Å². The van der Waals surface area contributed by atoms with Gasteiger partial charge in [-0.3, -0.25) is 9.59 Å². The van der Waals surface area contributed by atoms with E-state index in [4.69, 9.17) is 16.3 Å². The molecule has 1 fully saturated rings. The number of ether oxygens (including phenoxy) is 1. The molecule has 6 heteroatoms. The molecule has 0 N–H and O–H groups in total. The van der Waals surface area contributed by atoms with Crippen molar-refractivity contribution in [3.8, 4) is 0 Å². The Balaban J connectivity index is 2.08. The molecule has 102 valence electrons. The van der Waals surface area contributed by atoms with Gasteiger partial charge in [0, 0.05) is 12.2 Å². The van der Waals surface area contributed by atoms with Crippen LogP contribution in [0.25, 0.3) is 0 Å². The summed E-state index contributed by atoms with van der Waals surface area (Å²) >= 11 is 5.73. The first-order chi connectivity index (χ1) is 9.11. The third-order valence-electron chi connectivity index (χ3n) is 2.80. The number of nitrogens with zero attached hydrogens (tertiary/aromatic N) is 2. The molecule has 0 aliphatic heterocycles. The van der Waals surface area contributed by atoms with Gasteiger partial charge in [0.15, 0.2) is 0 Å². The molecule has 0 aromatic carbocycles. The van der Waals surface area contributed by atoms with Crippen molar-refractivity contribution in [3.63, 3.8) is 0 Å². The average Bonchev–Trinajstić information content (AvgIpc) is 3.21. The van der Waals surface area contributed by atoms with E-state index in [1.807, 2.05) is 0 Å². The zero-order valence-electron chi connectivity index (χ0n) is 10.6. The average molecular weight is 283 g/mol. The van der Waals surface area contributed by atoms with Crippen LogP contribution in [0.15, 0.2) is 18.3 Å². The Bertz CT molecular complexity index is 471. The monoisotopic (exact) mass is 282 g/mol. The number of esters is 1. The number of hydrogen-bond donors (Lipinski definition) is 0. The summed E-state index contributed by atoms with van der Waals surface area (Å²) in [5, 5.41) is 0.472. The van der Waals surface area contributed by atoms with E-state index >= 15 is 0 Å². The molecule has 0 atom stereocenters. The summed E-state index contributed by atoms with van der Waals surface area (Å²) in [6.45, 7) is 2.02. The number of halogens is 1. The zero-order chi connectivity index (χ0) is 13.8. The first-order valence-electron chi connectivity index (χ1n) is 6.20. The van der Waals surface area contributed by atoms with Crippen molar-refractivity contribution in [1.82, 2.24) is 9.88 Å². The van der Waals surface area contributed by atoms with Gasteiger partial charge < -0.3 is 9.64 Å². The van der Waals surface area contributed by atoms with Gasteiger partial charge in [0.05, 0.1) is 11.6 Å². The molecule has 1 amide bonds. The van der Waals surface area contributed by atoms with Gasteiger partial charge in [0.1, 0.15) is 12.2 Å². The summed E-state index contributed by atoms with van der Waals surface area (Å²) in [5.74, 6) is -0.649. The highest BCUT2D eigenvalue weighted by Gasteiger charge is 2.35. The molecule has 0 saturated heterocycles. The predicted octanol–water partition coefficient (Wildman–Crippen LogP) is 1.90. The third-order valence-corrected chi connectivity index (χ3v) is 3.02. The molecule has 0 spiro atoms. The van der Waals surface area contributed by atoms with Crippen molar-refractivity contribution in [3.05, 3.63) is 29.0 Å². The van der Waals surface area contributed by atoms with Gasteiger partial charge in [-0.05, 0) is 31.9 Å². The maximum atomic E-state index is 12.3. The summed E-state index contributed by atoms with van der Waals surface area (Å²) < 4.78 is 4.88. The number of rotatable bonds is 5. The highest BCUT2D eigenvalue weighted by Crippen LogP contribution is 2.28. The molecular weight excluding hydrogens is 268 g/mol. The highest BCUT2D eigenvalue weighted by atomic mass is 35.5. The van der Waals surface area contributed by atoms with E-state index in [0.717, 1.165) is 12.8 Å². The fourth-order valence-corrected chi connectivity index (χ4v) is 1.86. The van der Waals surface area contributed by atoms with Gasteiger partial charge in [-0.2, -0.15) is 0 Å². The fraction of sp³-hybridized carbons (Fsp3) is 0.462. The number of pyridine rings is 1. The van der Waals surface area contributed by atoms with Crippen molar-refractivity contribution in [1.29, 1.82) is 0 Å².